The van der Waals surface area contributed by atoms with Crippen molar-refractivity contribution in [1.82, 2.24) is 10.2 Å². The molecule has 5 N–H and O–H groups in total. The summed E-state index contributed by atoms with van der Waals surface area (Å²) in [6.07, 6.45) is 0. The molecule has 0 atom stereocenters. The van der Waals surface area contributed by atoms with Gasteiger partial charge in [-0.3, -0.25) is 9.69 Å². The van der Waals surface area contributed by atoms with Gasteiger partial charge in [-0.15, -0.1) is 0 Å². The third-order valence-corrected chi connectivity index (χ3v) is 4.30. The molecular formula is C20H28N5O2+. The number of nitrogens with zero attached hydrogens (tertiary/aromatic N) is 2. The van der Waals surface area contributed by atoms with E-state index in [1.54, 1.807) is 24.3 Å². The van der Waals surface area contributed by atoms with Crippen molar-refractivity contribution in [2.24, 2.45) is 5.73 Å². The highest BCUT2D eigenvalue weighted by atomic mass is 16.3. The van der Waals surface area contributed by atoms with Gasteiger partial charge in [0.05, 0.1) is 6.54 Å². The molecule has 7 nitrogen and oxygen atoms in total. The molecule has 0 aliphatic heterocycles. The fraction of sp³-hybridized carbons (Fsp3) is 0.350. The molecule has 2 aromatic carbocycles. The topological polar surface area (TPSA) is 104 Å². The summed E-state index contributed by atoms with van der Waals surface area (Å²) in [5.74, 6) is -0.110. The lowest BCUT2D eigenvalue weighted by Gasteiger charge is -2.14. The summed E-state index contributed by atoms with van der Waals surface area (Å²) < 4.78 is 1.03. The molecule has 0 aromatic heterocycles. The van der Waals surface area contributed by atoms with Crippen LogP contribution in [0.5, 0.6) is 0 Å². The number of amides is 1. The van der Waals surface area contributed by atoms with Gasteiger partial charge in [0.25, 0.3) is 5.91 Å². The molecule has 0 heterocycles. The Morgan fingerprint density at radius 2 is 1.67 bits per heavy atom. The van der Waals surface area contributed by atoms with Crippen LogP contribution in [-0.4, -0.2) is 48.8 Å². The van der Waals surface area contributed by atoms with Crippen LogP contribution < -0.4 is 16.8 Å². The van der Waals surface area contributed by atoms with Gasteiger partial charge in [0.15, 0.2) is 0 Å². The third kappa shape index (κ3) is 7.16. The second-order valence-corrected chi connectivity index (χ2v) is 6.57. The van der Waals surface area contributed by atoms with Gasteiger partial charge in [0.2, 0.25) is 13.1 Å². The molecule has 144 valence electrons. The van der Waals surface area contributed by atoms with Gasteiger partial charge < -0.3 is 16.8 Å². The smallest absolute Gasteiger partial charge is 0.251 e. The number of hydrogen-bond acceptors (Lipinski definition) is 5. The number of likely N-dealkylation sites (N-methyl/N-ethyl adjacent to an activating group) is 1. The van der Waals surface area contributed by atoms with Crippen molar-refractivity contribution >= 4 is 11.6 Å². The summed E-state index contributed by atoms with van der Waals surface area (Å²) in [6, 6.07) is 14.6. The lowest BCUT2D eigenvalue weighted by atomic mass is 10.1. The Kier molecular flexibility index (Phi) is 7.91. The normalized spacial score (nSPS) is 10.8. The monoisotopic (exact) mass is 370 g/mol. The van der Waals surface area contributed by atoms with Crippen LogP contribution in [0.15, 0.2) is 48.5 Å². The van der Waals surface area contributed by atoms with Crippen LogP contribution in [0.2, 0.25) is 0 Å². The van der Waals surface area contributed by atoms with Crippen LogP contribution >= 0.6 is 0 Å². The van der Waals surface area contributed by atoms with Crippen LogP contribution in [0, 0.1) is 4.91 Å². The zero-order valence-corrected chi connectivity index (χ0v) is 15.7. The molecule has 2 rings (SSSR count). The molecule has 0 radical (unpaired) electrons. The number of anilines is 1. The number of benzene rings is 2. The van der Waals surface area contributed by atoms with Gasteiger partial charge in [0.1, 0.15) is 0 Å². The largest absolute Gasteiger partial charge is 0.399 e. The first-order valence-corrected chi connectivity index (χ1v) is 9.00. The van der Waals surface area contributed by atoms with Crippen LogP contribution in [0.1, 0.15) is 21.5 Å². The van der Waals surface area contributed by atoms with Crippen molar-refractivity contribution in [2.45, 2.75) is 13.1 Å². The summed E-state index contributed by atoms with van der Waals surface area (Å²) in [5, 5.41) is 2.88. The van der Waals surface area contributed by atoms with Crippen molar-refractivity contribution in [1.29, 1.82) is 0 Å². The first kappa shape index (κ1) is 20.5. The minimum absolute atomic E-state index is 0.110. The zero-order chi connectivity index (χ0) is 19.6. The number of carbonyl (C=O) groups is 1. The maximum absolute atomic E-state index is 12.1. The maximum Gasteiger partial charge on any atom is 0.251 e. The van der Waals surface area contributed by atoms with E-state index in [9.17, 15) is 9.70 Å². The number of nitroso groups, excluding NO2 is 1. The van der Waals surface area contributed by atoms with E-state index >= 15 is 0 Å². The van der Waals surface area contributed by atoms with Crippen LogP contribution in [0.3, 0.4) is 0 Å². The van der Waals surface area contributed by atoms with E-state index in [4.69, 9.17) is 11.5 Å². The second-order valence-electron chi connectivity index (χ2n) is 6.57. The lowest BCUT2D eigenvalue weighted by Crippen LogP contribution is -2.35. The lowest BCUT2D eigenvalue weighted by molar-refractivity contribution is -0.564. The zero-order valence-electron chi connectivity index (χ0n) is 15.7. The molecular weight excluding hydrogens is 342 g/mol. The molecule has 0 spiro atoms. The molecule has 0 saturated heterocycles. The minimum atomic E-state index is -0.110. The molecule has 1 amide bonds. The molecule has 0 aliphatic carbocycles. The number of carbonyl (C=O) groups excluding carboxylic acids is 1. The summed E-state index contributed by atoms with van der Waals surface area (Å²) in [4.78, 5) is 26.1. The Balaban J connectivity index is 1.65. The van der Waals surface area contributed by atoms with Crippen molar-refractivity contribution in [2.75, 3.05) is 39.0 Å². The number of nitrogens with one attached hydrogen (secondary N) is 1. The average molecular weight is 370 g/mol. The van der Waals surface area contributed by atoms with E-state index in [0.717, 1.165) is 15.9 Å². The Labute approximate surface area is 159 Å². The molecule has 0 bridgehead atoms. The van der Waals surface area contributed by atoms with Gasteiger partial charge in [-0.05, 0) is 36.9 Å². The highest BCUT2D eigenvalue weighted by Crippen LogP contribution is 2.06. The maximum atomic E-state index is 12.1. The van der Waals surface area contributed by atoms with Gasteiger partial charge >= 0.3 is 0 Å². The standard InChI is InChI=1S/C20H27N5O2/c1-24(12-13-25(27)15-17-4-8-19(22)9-5-17)11-10-23-20(26)18-6-2-16(14-21)3-7-18/h2-9H,10-15,21-22H2,1H3/p+1. The second kappa shape index (κ2) is 10.4. The van der Waals surface area contributed by atoms with E-state index in [2.05, 4.69) is 5.32 Å². The Hall–Kier alpha value is -2.77. The third-order valence-electron chi connectivity index (χ3n) is 4.30. The van der Waals surface area contributed by atoms with Crippen LogP contribution in [0.4, 0.5) is 5.69 Å². The Morgan fingerprint density at radius 3 is 2.30 bits per heavy atom. The predicted molar refractivity (Wildman–Crippen MR) is 107 cm³/mol. The van der Waals surface area contributed by atoms with Gasteiger partial charge in [0, 0.05) is 46.1 Å². The van der Waals surface area contributed by atoms with Crippen LogP contribution in [0.25, 0.3) is 0 Å². The molecule has 2 aromatic rings. The van der Waals surface area contributed by atoms with Crippen molar-refractivity contribution < 1.29 is 9.55 Å². The van der Waals surface area contributed by atoms with E-state index < -0.39 is 0 Å². The Morgan fingerprint density at radius 1 is 1.04 bits per heavy atom. The highest BCUT2D eigenvalue weighted by molar-refractivity contribution is 5.94. The highest BCUT2D eigenvalue weighted by Gasteiger charge is 2.12. The van der Waals surface area contributed by atoms with Crippen molar-refractivity contribution in [3.05, 3.63) is 70.1 Å². The van der Waals surface area contributed by atoms with Crippen molar-refractivity contribution in [3.8, 4) is 0 Å². The number of rotatable bonds is 10. The van der Waals surface area contributed by atoms with E-state index in [-0.39, 0.29) is 5.91 Å². The average Bonchev–Trinajstić information content (AvgIpc) is 2.68. The number of nitrogens with two attached hydrogens (primary N) is 2. The first-order valence-electron chi connectivity index (χ1n) is 9.00. The summed E-state index contributed by atoms with van der Waals surface area (Å²) >= 11 is 0. The van der Waals surface area contributed by atoms with Crippen LogP contribution in [-0.2, 0) is 13.1 Å². The molecule has 27 heavy (non-hydrogen) atoms. The number of nitrogen functional groups attached to an aromatic ring is 1. The molecule has 0 unspecified atom stereocenters. The minimum Gasteiger partial charge on any atom is -0.399 e. The SMILES string of the molecule is CN(CCNC(=O)c1ccc(CN)cc1)CC[N+](=O)Cc1ccc(N)cc1. The molecule has 0 saturated carbocycles. The van der Waals surface area contributed by atoms with E-state index in [1.807, 2.05) is 36.2 Å². The number of hydrogen-bond donors (Lipinski definition) is 3. The quantitative estimate of drug-likeness (QED) is 0.433. The van der Waals surface area contributed by atoms with Gasteiger partial charge in [-0.1, -0.05) is 24.3 Å². The fourth-order valence-electron chi connectivity index (χ4n) is 2.55. The van der Waals surface area contributed by atoms with E-state index in [1.165, 1.54) is 0 Å². The fourth-order valence-corrected chi connectivity index (χ4v) is 2.55. The molecule has 0 fully saturated rings. The molecule has 0 aliphatic rings. The first-order chi connectivity index (χ1) is 13.0. The Bertz CT molecular complexity index is 744. The van der Waals surface area contributed by atoms with Gasteiger partial charge in [-0.2, -0.15) is 0 Å². The van der Waals surface area contributed by atoms with E-state index in [0.29, 0.717) is 50.5 Å². The van der Waals surface area contributed by atoms with Crippen molar-refractivity contribution in [3.63, 3.8) is 0 Å². The summed E-state index contributed by atoms with van der Waals surface area (Å²) in [5.41, 5.74) is 14.4. The molecule has 7 heteroatoms. The summed E-state index contributed by atoms with van der Waals surface area (Å²) in [6.45, 7) is 3.01. The van der Waals surface area contributed by atoms with Gasteiger partial charge in [-0.25, -0.2) is 0 Å². The summed E-state index contributed by atoms with van der Waals surface area (Å²) in [7, 11) is 1.93. The predicted octanol–water partition coefficient (Wildman–Crippen LogP) is 1.37.